The Bertz CT molecular complexity index is 721. The third-order valence-electron chi connectivity index (χ3n) is 6.38. The highest BCUT2D eigenvalue weighted by atomic mass is 31.2. The van der Waals surface area contributed by atoms with E-state index in [1.807, 2.05) is 30.5 Å². The van der Waals surface area contributed by atoms with Crippen LogP contribution in [0.25, 0.3) is 10.9 Å². The Kier molecular flexibility index (Phi) is 14.6. The van der Waals surface area contributed by atoms with Crippen LogP contribution in [0, 0.1) is 0 Å². The van der Waals surface area contributed by atoms with Crippen molar-refractivity contribution in [2.24, 2.45) is 5.73 Å². The fraction of sp³-hybridized carbons (Fsp3) is 0.667. The number of aromatic amines is 1. The van der Waals surface area contributed by atoms with Crippen molar-refractivity contribution in [2.45, 2.75) is 91.5 Å². The lowest BCUT2D eigenvalue weighted by molar-refractivity contribution is -0.138. The molecule has 0 fully saturated rings. The summed E-state index contributed by atoms with van der Waals surface area (Å²) in [5.74, 6) is -0.972. The number of benzene rings is 1. The maximum absolute atomic E-state index is 10.6. The largest absolute Gasteiger partial charge is 0.480 e. The minimum absolute atomic E-state index is 0.347. The van der Waals surface area contributed by atoms with Crippen molar-refractivity contribution in [3.63, 3.8) is 0 Å². The summed E-state index contributed by atoms with van der Waals surface area (Å²) >= 11 is 0. The van der Waals surface area contributed by atoms with Crippen molar-refractivity contribution < 1.29 is 9.90 Å². The third-order valence-corrected chi connectivity index (χ3v) is 11.4. The monoisotopic (exact) mass is 463 g/mol. The van der Waals surface area contributed by atoms with Gasteiger partial charge in [0.2, 0.25) is 0 Å². The van der Waals surface area contributed by atoms with Gasteiger partial charge in [-0.25, -0.2) is 0 Å². The maximum Gasteiger partial charge on any atom is 0.320 e. The SMILES string of the molecule is CCCC[P](CCCC)(CCCC)CCCC.NC(Cc1c[nH]c2ccccc12)C(=O)O. The van der Waals surface area contributed by atoms with E-state index in [4.69, 9.17) is 10.8 Å². The molecule has 1 radical (unpaired) electrons. The van der Waals surface area contributed by atoms with E-state index < -0.39 is 19.3 Å². The number of hydrogen-bond acceptors (Lipinski definition) is 2. The summed E-state index contributed by atoms with van der Waals surface area (Å²) in [4.78, 5) is 13.7. The number of carboxylic acids is 1. The molecule has 2 aromatic rings. The maximum atomic E-state index is 10.6. The normalized spacial score (nSPS) is 12.4. The van der Waals surface area contributed by atoms with Crippen LogP contribution in [0.5, 0.6) is 0 Å². The second kappa shape index (κ2) is 16.3. The summed E-state index contributed by atoms with van der Waals surface area (Å²) in [5, 5.41) is 9.75. The molecule has 0 saturated carbocycles. The minimum atomic E-state index is -0.972. The second-order valence-corrected chi connectivity index (χ2v) is 13.6. The molecule has 1 aromatic carbocycles. The van der Waals surface area contributed by atoms with Crippen molar-refractivity contribution >= 4 is 24.1 Å². The number of para-hydroxylation sites is 1. The highest BCUT2D eigenvalue weighted by Gasteiger charge is 2.24. The molecule has 183 valence electrons. The molecule has 0 aliphatic rings. The summed E-state index contributed by atoms with van der Waals surface area (Å²) in [6.45, 7) is 9.42. The number of carboxylic acid groups (broad SMARTS) is 1. The number of hydrogen-bond donors (Lipinski definition) is 3. The predicted octanol–water partition coefficient (Wildman–Crippen LogP) is 7.33. The van der Waals surface area contributed by atoms with Gasteiger partial charge in [-0.2, -0.15) is 0 Å². The number of unbranched alkanes of at least 4 members (excludes halogenated alkanes) is 4. The molecular weight excluding hydrogens is 415 g/mol. The highest BCUT2D eigenvalue weighted by Crippen LogP contribution is 2.61. The molecule has 0 amide bonds. The number of rotatable bonds is 15. The van der Waals surface area contributed by atoms with E-state index in [0.717, 1.165) is 16.5 Å². The Balaban J connectivity index is 0.000000321. The van der Waals surface area contributed by atoms with Crippen molar-refractivity contribution in [1.29, 1.82) is 0 Å². The summed E-state index contributed by atoms with van der Waals surface area (Å²) in [5.41, 5.74) is 7.43. The molecule has 4 N–H and O–H groups in total. The fourth-order valence-corrected chi connectivity index (χ4v) is 9.56. The van der Waals surface area contributed by atoms with E-state index in [-0.39, 0.29) is 0 Å². The first-order valence-electron chi connectivity index (χ1n) is 12.8. The summed E-state index contributed by atoms with van der Waals surface area (Å²) in [7, 11) is -0.562. The van der Waals surface area contributed by atoms with E-state index in [1.54, 1.807) is 24.6 Å². The fourth-order valence-electron chi connectivity index (χ4n) is 4.27. The van der Waals surface area contributed by atoms with Gasteiger partial charge in [0.05, 0.1) is 0 Å². The highest BCUT2D eigenvalue weighted by molar-refractivity contribution is 7.75. The van der Waals surface area contributed by atoms with E-state index >= 15 is 0 Å². The molecule has 4 nitrogen and oxygen atoms in total. The predicted molar refractivity (Wildman–Crippen MR) is 144 cm³/mol. The molecule has 1 aromatic heterocycles. The average Bonchev–Trinajstić information content (AvgIpc) is 3.21. The van der Waals surface area contributed by atoms with Crippen LogP contribution in [0.4, 0.5) is 0 Å². The standard InChI is InChI=1S/C16H36P.C11H12N2O2/c1-5-9-13-17(14-10-6-2,15-11-7-3)16-12-8-4;12-9(11(14)15)5-7-6-13-10-4-2-1-3-8(7)10/h5-16H2,1-4H3;1-4,6,9,13H,5,12H2,(H,14,15). The van der Waals surface area contributed by atoms with Crippen molar-refractivity contribution in [2.75, 3.05) is 24.6 Å². The van der Waals surface area contributed by atoms with Crippen molar-refractivity contribution in [3.8, 4) is 0 Å². The summed E-state index contributed by atoms with van der Waals surface area (Å²) < 4.78 is 0. The molecule has 0 saturated heterocycles. The van der Waals surface area contributed by atoms with Crippen LogP contribution in [-0.2, 0) is 11.2 Å². The molecular formula is C27H48N2O2P. The molecule has 0 aliphatic carbocycles. The van der Waals surface area contributed by atoms with Crippen LogP contribution in [-0.4, -0.2) is 46.7 Å². The minimum Gasteiger partial charge on any atom is -0.480 e. The van der Waals surface area contributed by atoms with Gasteiger partial charge in [-0.1, -0.05) is 71.6 Å². The van der Waals surface area contributed by atoms with Gasteiger partial charge in [-0.05, 0) is 62.0 Å². The number of H-pyrrole nitrogens is 1. The van der Waals surface area contributed by atoms with Crippen LogP contribution < -0.4 is 5.73 Å². The van der Waals surface area contributed by atoms with E-state index in [0.29, 0.717) is 6.42 Å². The Labute approximate surface area is 197 Å². The Morgan fingerprint density at radius 3 is 1.81 bits per heavy atom. The zero-order valence-electron chi connectivity index (χ0n) is 21.0. The van der Waals surface area contributed by atoms with E-state index in [1.165, 1.54) is 51.4 Å². The van der Waals surface area contributed by atoms with Crippen LogP contribution >= 0.6 is 7.26 Å². The van der Waals surface area contributed by atoms with E-state index in [2.05, 4.69) is 32.7 Å². The molecule has 1 heterocycles. The van der Waals surface area contributed by atoms with Gasteiger partial charge in [-0.3, -0.25) is 4.79 Å². The zero-order chi connectivity index (χ0) is 23.8. The third kappa shape index (κ3) is 10.0. The molecule has 0 bridgehead atoms. The lowest BCUT2D eigenvalue weighted by atomic mass is 10.1. The first-order valence-corrected chi connectivity index (χ1v) is 15.3. The first kappa shape index (κ1) is 28.7. The topological polar surface area (TPSA) is 79.1 Å². The number of nitrogens with two attached hydrogens (primary N) is 1. The number of carbonyl (C=O) groups is 1. The number of nitrogens with one attached hydrogen (secondary N) is 1. The van der Waals surface area contributed by atoms with Crippen LogP contribution in [0.2, 0.25) is 0 Å². The quantitative estimate of drug-likeness (QED) is 0.242. The van der Waals surface area contributed by atoms with Gasteiger partial charge in [-0.15, -0.1) is 7.26 Å². The Hall–Kier alpha value is -1.38. The summed E-state index contributed by atoms with van der Waals surface area (Å²) in [6, 6.07) is 6.91. The number of aliphatic carboxylic acids is 1. The lowest BCUT2D eigenvalue weighted by Crippen LogP contribution is -2.32. The van der Waals surface area contributed by atoms with Gasteiger partial charge >= 0.3 is 5.97 Å². The molecule has 0 spiro atoms. The van der Waals surface area contributed by atoms with Gasteiger partial charge < -0.3 is 15.8 Å². The lowest BCUT2D eigenvalue weighted by Gasteiger charge is -2.37. The smallest absolute Gasteiger partial charge is 0.320 e. The second-order valence-electron chi connectivity index (χ2n) is 9.16. The average molecular weight is 464 g/mol. The molecule has 32 heavy (non-hydrogen) atoms. The van der Waals surface area contributed by atoms with Gasteiger partial charge in [0.25, 0.3) is 0 Å². The van der Waals surface area contributed by atoms with Gasteiger partial charge in [0, 0.05) is 23.5 Å². The zero-order valence-corrected chi connectivity index (χ0v) is 21.9. The Morgan fingerprint density at radius 1 is 0.906 bits per heavy atom. The molecule has 1 atom stereocenters. The number of fused-ring (bicyclic) bond motifs is 1. The molecule has 2 rings (SSSR count). The Morgan fingerprint density at radius 2 is 1.38 bits per heavy atom. The number of aromatic nitrogens is 1. The van der Waals surface area contributed by atoms with Gasteiger partial charge in [0.15, 0.2) is 0 Å². The van der Waals surface area contributed by atoms with Crippen molar-refractivity contribution in [3.05, 3.63) is 36.0 Å². The molecule has 5 heteroatoms. The molecule has 1 unspecified atom stereocenters. The molecule has 0 aliphatic heterocycles. The van der Waals surface area contributed by atoms with Crippen LogP contribution in [0.15, 0.2) is 30.5 Å². The van der Waals surface area contributed by atoms with Crippen molar-refractivity contribution in [1.82, 2.24) is 4.98 Å². The first-order chi connectivity index (χ1) is 15.4. The van der Waals surface area contributed by atoms with Gasteiger partial charge in [0.1, 0.15) is 6.04 Å². The summed E-state index contributed by atoms with van der Waals surface area (Å²) in [6.07, 6.45) is 20.1. The van der Waals surface area contributed by atoms with Crippen LogP contribution in [0.3, 0.4) is 0 Å². The van der Waals surface area contributed by atoms with Crippen LogP contribution in [0.1, 0.15) is 84.6 Å². The van der Waals surface area contributed by atoms with E-state index in [9.17, 15) is 4.79 Å².